The van der Waals surface area contributed by atoms with Crippen molar-refractivity contribution in [3.63, 3.8) is 0 Å². The van der Waals surface area contributed by atoms with Crippen molar-refractivity contribution in [2.75, 3.05) is 56.5 Å². The Morgan fingerprint density at radius 3 is 2.64 bits per heavy atom. The molecule has 3 aliphatic rings. The Balaban J connectivity index is 1.14. The summed E-state index contributed by atoms with van der Waals surface area (Å²) in [6.07, 6.45) is 1.53. The third-order valence-electron chi connectivity index (χ3n) is 7.75. The van der Waals surface area contributed by atoms with Crippen LogP contribution in [0.5, 0.6) is 0 Å². The fourth-order valence-electron chi connectivity index (χ4n) is 5.67. The van der Waals surface area contributed by atoms with Crippen molar-refractivity contribution in [2.24, 2.45) is 4.99 Å². The number of nitrogens with zero attached hydrogens (tertiary/aromatic N) is 7. The summed E-state index contributed by atoms with van der Waals surface area (Å²) >= 11 is 0. The van der Waals surface area contributed by atoms with E-state index in [9.17, 15) is 9.59 Å². The van der Waals surface area contributed by atoms with Crippen LogP contribution < -0.4 is 21.2 Å². The highest BCUT2D eigenvalue weighted by Gasteiger charge is 2.27. The fraction of sp³-hybridized carbons (Fsp3) is 0.444. The molecule has 2 saturated heterocycles. The van der Waals surface area contributed by atoms with E-state index in [1.54, 1.807) is 12.1 Å². The Hall–Kier alpha value is -3.90. The number of nitrogens with one attached hydrogen (secondary N) is 2. The van der Waals surface area contributed by atoms with Crippen LogP contribution in [0.25, 0.3) is 10.9 Å². The lowest BCUT2D eigenvalue weighted by Gasteiger charge is -2.37. The first-order valence-electron chi connectivity index (χ1n) is 13.3. The average molecular weight is 534 g/mol. The number of aromatic nitrogens is 3. The van der Waals surface area contributed by atoms with Crippen molar-refractivity contribution < 1.29 is 9.18 Å². The second kappa shape index (κ2) is 10.0. The quantitative estimate of drug-likeness (QED) is 0.493. The zero-order valence-corrected chi connectivity index (χ0v) is 22.4. The van der Waals surface area contributed by atoms with Gasteiger partial charge in [-0.15, -0.1) is 0 Å². The second-order valence-corrected chi connectivity index (χ2v) is 10.4. The molecule has 12 heteroatoms. The van der Waals surface area contributed by atoms with Crippen LogP contribution in [0.4, 0.5) is 21.6 Å². The van der Waals surface area contributed by atoms with Crippen molar-refractivity contribution in [1.29, 1.82) is 0 Å². The summed E-state index contributed by atoms with van der Waals surface area (Å²) in [5.41, 5.74) is 3.00. The van der Waals surface area contributed by atoms with E-state index in [0.717, 1.165) is 50.6 Å². The maximum absolute atomic E-state index is 15.6. The van der Waals surface area contributed by atoms with Crippen molar-refractivity contribution in [2.45, 2.75) is 33.0 Å². The molecule has 6 rings (SSSR count). The highest BCUT2D eigenvalue weighted by atomic mass is 19.1. The molecule has 2 aromatic heterocycles. The number of hydrogen-bond acceptors (Lipinski definition) is 9. The molecule has 11 nitrogen and oxygen atoms in total. The van der Waals surface area contributed by atoms with Crippen molar-refractivity contribution in [3.8, 4) is 0 Å². The third-order valence-corrected chi connectivity index (χ3v) is 7.75. The number of benzene rings is 1. The van der Waals surface area contributed by atoms with E-state index in [1.165, 1.54) is 10.9 Å². The number of piperazine rings is 1. The van der Waals surface area contributed by atoms with Gasteiger partial charge in [0.2, 0.25) is 0 Å². The summed E-state index contributed by atoms with van der Waals surface area (Å²) in [5, 5.41) is 6.65. The van der Waals surface area contributed by atoms with Crippen LogP contribution in [0.1, 0.15) is 28.7 Å². The topological polar surface area (TPSA) is 111 Å². The number of halogens is 1. The molecule has 5 heterocycles. The first kappa shape index (κ1) is 25.4. The summed E-state index contributed by atoms with van der Waals surface area (Å²) in [5.74, 6) is -0.178. The molecule has 0 atom stereocenters. The molecule has 39 heavy (non-hydrogen) atoms. The molecule has 2 fully saturated rings. The minimum atomic E-state index is -0.502. The van der Waals surface area contributed by atoms with Gasteiger partial charge in [0.1, 0.15) is 17.0 Å². The van der Waals surface area contributed by atoms with E-state index in [2.05, 4.69) is 40.3 Å². The van der Waals surface area contributed by atoms with Gasteiger partial charge in [-0.1, -0.05) is 0 Å². The number of carbonyl (C=O) groups is 1. The lowest BCUT2D eigenvalue weighted by atomic mass is 10.1. The van der Waals surface area contributed by atoms with E-state index in [4.69, 9.17) is 0 Å². The van der Waals surface area contributed by atoms with Crippen LogP contribution in [0.3, 0.4) is 0 Å². The first-order valence-corrected chi connectivity index (χ1v) is 13.3. The SMILES string of the molecule is CCn1c2c3c(cc(CN4CCN(c5ccc(C(=O)NC6CN(C)C6)nc5C)CC4)c(F)c3nc1=O)NC=N2. The van der Waals surface area contributed by atoms with Gasteiger partial charge < -0.3 is 20.4 Å². The smallest absolute Gasteiger partial charge is 0.349 e. The van der Waals surface area contributed by atoms with Crippen molar-refractivity contribution in [3.05, 3.63) is 51.5 Å². The Morgan fingerprint density at radius 2 is 1.95 bits per heavy atom. The molecule has 0 unspecified atom stereocenters. The predicted molar refractivity (Wildman–Crippen MR) is 149 cm³/mol. The molecular formula is C27H32FN9O2. The van der Waals surface area contributed by atoms with Crippen LogP contribution in [-0.2, 0) is 13.1 Å². The lowest BCUT2D eigenvalue weighted by molar-refractivity contribution is 0.0852. The summed E-state index contributed by atoms with van der Waals surface area (Å²) in [7, 11) is 2.03. The highest BCUT2D eigenvalue weighted by Crippen LogP contribution is 2.36. The van der Waals surface area contributed by atoms with Crippen LogP contribution >= 0.6 is 0 Å². The zero-order chi connectivity index (χ0) is 27.3. The van der Waals surface area contributed by atoms with E-state index in [-0.39, 0.29) is 17.5 Å². The Kier molecular flexibility index (Phi) is 6.51. The van der Waals surface area contributed by atoms with Crippen LogP contribution in [0.2, 0.25) is 0 Å². The van der Waals surface area contributed by atoms with E-state index in [1.807, 2.05) is 27.0 Å². The normalized spacial score (nSPS) is 17.8. The van der Waals surface area contributed by atoms with Gasteiger partial charge in [0, 0.05) is 57.9 Å². The number of likely N-dealkylation sites (tertiary alicyclic amines) is 1. The molecule has 0 saturated carbocycles. The van der Waals surface area contributed by atoms with Gasteiger partial charge >= 0.3 is 5.69 Å². The van der Waals surface area contributed by atoms with Gasteiger partial charge in [-0.05, 0) is 39.1 Å². The number of hydrogen-bond donors (Lipinski definition) is 2. The van der Waals surface area contributed by atoms with Crippen LogP contribution in [0.15, 0.2) is 28.0 Å². The molecule has 0 radical (unpaired) electrons. The lowest BCUT2D eigenvalue weighted by Crippen LogP contribution is -2.57. The Bertz CT molecular complexity index is 1540. The standard InChI is InChI=1S/C27H32FN9O2/c1-4-37-25-22-20(29-15-30-25)11-17(23(28)24(22)33-27(37)39)12-35-7-9-36(10-8-35)21-6-5-19(31-16(21)2)26(38)32-18-13-34(3)14-18/h5-6,11,15,18H,4,7-10,12-14H2,1-3H3,(H,29,30)(H,32,38). The van der Waals surface area contributed by atoms with E-state index in [0.29, 0.717) is 41.2 Å². The third kappa shape index (κ3) is 4.63. The zero-order valence-electron chi connectivity index (χ0n) is 22.4. The average Bonchev–Trinajstić information content (AvgIpc) is 2.91. The number of amides is 1. The number of carbonyl (C=O) groups excluding carboxylic acids is 1. The van der Waals surface area contributed by atoms with Crippen molar-refractivity contribution >= 4 is 40.3 Å². The first-order chi connectivity index (χ1) is 18.8. The van der Waals surface area contributed by atoms with Crippen molar-refractivity contribution in [1.82, 2.24) is 29.7 Å². The summed E-state index contributed by atoms with van der Waals surface area (Å²) in [6, 6.07) is 5.73. The Labute approximate surface area is 225 Å². The van der Waals surface area contributed by atoms with Crippen LogP contribution in [-0.4, -0.2) is 88.9 Å². The van der Waals surface area contributed by atoms with Gasteiger partial charge in [0.05, 0.1) is 34.8 Å². The maximum Gasteiger partial charge on any atom is 0.349 e. The minimum absolute atomic E-state index is 0.0605. The number of rotatable bonds is 6. The minimum Gasteiger partial charge on any atom is -0.368 e. The van der Waals surface area contributed by atoms with Gasteiger partial charge in [0.25, 0.3) is 5.91 Å². The molecule has 0 bridgehead atoms. The summed E-state index contributed by atoms with van der Waals surface area (Å²) in [6.45, 7) is 9.26. The van der Waals surface area contributed by atoms with Crippen LogP contribution in [0, 0.1) is 12.7 Å². The molecule has 3 aromatic rings. The molecule has 0 aliphatic carbocycles. The van der Waals surface area contributed by atoms with Gasteiger partial charge in [-0.3, -0.25) is 14.3 Å². The summed E-state index contributed by atoms with van der Waals surface area (Å²) in [4.78, 5) is 44.6. The largest absolute Gasteiger partial charge is 0.368 e. The van der Waals surface area contributed by atoms with Gasteiger partial charge in [-0.2, -0.15) is 4.98 Å². The molecular weight excluding hydrogens is 501 g/mol. The number of aliphatic imine (C=N–C) groups is 1. The number of likely N-dealkylation sites (N-methyl/N-ethyl adjacent to an activating group) is 1. The highest BCUT2D eigenvalue weighted by molar-refractivity contribution is 6.06. The summed E-state index contributed by atoms with van der Waals surface area (Å²) < 4.78 is 17.1. The fourth-order valence-corrected chi connectivity index (χ4v) is 5.67. The molecule has 1 amide bonds. The molecule has 204 valence electrons. The van der Waals surface area contributed by atoms with Gasteiger partial charge in [0.15, 0.2) is 5.82 Å². The molecule has 3 aliphatic heterocycles. The molecule has 2 N–H and O–H groups in total. The molecule has 0 spiro atoms. The monoisotopic (exact) mass is 533 g/mol. The van der Waals surface area contributed by atoms with E-state index >= 15 is 4.39 Å². The number of anilines is 2. The molecule has 1 aromatic carbocycles. The maximum atomic E-state index is 15.6. The van der Waals surface area contributed by atoms with E-state index < -0.39 is 11.5 Å². The number of pyridine rings is 1. The van der Waals surface area contributed by atoms with Gasteiger partial charge in [-0.25, -0.2) is 19.2 Å². The Morgan fingerprint density at radius 1 is 1.18 bits per heavy atom. The predicted octanol–water partition coefficient (Wildman–Crippen LogP) is 1.71. The number of aryl methyl sites for hydroxylation is 1. The second-order valence-electron chi connectivity index (χ2n) is 10.4.